The minimum atomic E-state index is -4.43. The molecule has 0 fully saturated rings. The number of hydrogen-bond acceptors (Lipinski definition) is 2. The zero-order valence-electron chi connectivity index (χ0n) is 4.43. The van der Waals surface area contributed by atoms with Gasteiger partial charge in [-0.15, -0.1) is 5.10 Å². The van der Waals surface area contributed by atoms with Gasteiger partial charge in [0.25, 0.3) is 5.82 Å². The number of halogens is 4. The molecule has 0 radical (unpaired) electrons. The first-order chi connectivity index (χ1) is 4.50. The summed E-state index contributed by atoms with van der Waals surface area (Å²) in [6.07, 6.45) is -3.44. The molecule has 3 nitrogen and oxygen atoms in total. The molecule has 0 amide bonds. The standard InChI is InChI=1S/C3HF3IN3/c4-3(5,6)2-8-1-10(7)9-2/h1H. The summed E-state index contributed by atoms with van der Waals surface area (Å²) in [6.45, 7) is 0. The van der Waals surface area contributed by atoms with E-state index < -0.39 is 12.0 Å². The topological polar surface area (TPSA) is 30.7 Å². The minimum Gasteiger partial charge on any atom is -0.211 e. The average Bonchev–Trinajstić information content (AvgIpc) is 2.11. The van der Waals surface area contributed by atoms with Crippen LogP contribution in [0.4, 0.5) is 13.2 Å². The Morgan fingerprint density at radius 3 is 2.30 bits per heavy atom. The Balaban J connectivity index is 2.96. The van der Waals surface area contributed by atoms with Crippen LogP contribution in [0.2, 0.25) is 0 Å². The molecule has 0 unspecified atom stereocenters. The van der Waals surface area contributed by atoms with Crippen LogP contribution in [0.1, 0.15) is 5.82 Å². The largest absolute Gasteiger partial charge is 0.453 e. The van der Waals surface area contributed by atoms with Crippen molar-refractivity contribution in [3.8, 4) is 0 Å². The van der Waals surface area contributed by atoms with Crippen LogP contribution in [0.5, 0.6) is 0 Å². The molecule has 10 heavy (non-hydrogen) atoms. The quantitative estimate of drug-likeness (QED) is 0.664. The van der Waals surface area contributed by atoms with Crippen LogP contribution in [0.25, 0.3) is 0 Å². The van der Waals surface area contributed by atoms with Gasteiger partial charge in [0.2, 0.25) is 0 Å². The summed E-state index contributed by atoms with van der Waals surface area (Å²) in [6, 6.07) is 0. The third-order valence-electron chi connectivity index (χ3n) is 0.719. The van der Waals surface area contributed by atoms with Crippen molar-refractivity contribution in [1.29, 1.82) is 0 Å². The summed E-state index contributed by atoms with van der Waals surface area (Å²) in [4.78, 5) is 3.01. The van der Waals surface area contributed by atoms with Crippen LogP contribution >= 0.6 is 22.9 Å². The van der Waals surface area contributed by atoms with Crippen LogP contribution in [-0.4, -0.2) is 13.0 Å². The maximum atomic E-state index is 11.7. The molecule has 0 saturated carbocycles. The van der Waals surface area contributed by atoms with Crippen molar-refractivity contribution in [3.05, 3.63) is 12.2 Å². The third-order valence-corrected chi connectivity index (χ3v) is 1.18. The third kappa shape index (κ3) is 1.58. The van der Waals surface area contributed by atoms with E-state index in [1.165, 1.54) is 0 Å². The van der Waals surface area contributed by atoms with E-state index in [-0.39, 0.29) is 0 Å². The fraction of sp³-hybridized carbons (Fsp3) is 0.333. The summed E-state index contributed by atoms with van der Waals surface area (Å²) >= 11 is 1.58. The van der Waals surface area contributed by atoms with Crippen molar-refractivity contribution >= 4 is 22.9 Å². The Labute approximate surface area is 67.7 Å². The first-order valence-corrected chi connectivity index (χ1v) is 3.11. The molecule has 1 aromatic heterocycles. The molecule has 0 bridgehead atoms. The molecule has 1 rings (SSSR count). The minimum absolute atomic E-state index is 0.973. The van der Waals surface area contributed by atoms with Gasteiger partial charge < -0.3 is 0 Å². The van der Waals surface area contributed by atoms with Gasteiger partial charge in [-0.05, 0) is 0 Å². The number of hydrogen-bond donors (Lipinski definition) is 0. The maximum Gasteiger partial charge on any atom is 0.453 e. The fourth-order valence-corrected chi connectivity index (χ4v) is 0.703. The van der Waals surface area contributed by atoms with Crippen LogP contribution in [0.15, 0.2) is 6.33 Å². The van der Waals surface area contributed by atoms with Gasteiger partial charge >= 0.3 is 6.18 Å². The second-order valence-corrected chi connectivity index (χ2v) is 2.44. The summed E-state index contributed by atoms with van der Waals surface area (Å²) in [5.74, 6) is -1.11. The van der Waals surface area contributed by atoms with E-state index in [9.17, 15) is 13.2 Å². The zero-order valence-corrected chi connectivity index (χ0v) is 6.59. The molecular weight excluding hydrogens is 262 g/mol. The number of rotatable bonds is 0. The number of alkyl halides is 3. The van der Waals surface area contributed by atoms with E-state index >= 15 is 0 Å². The summed E-state index contributed by atoms with van der Waals surface area (Å²) in [5, 5.41) is 3.05. The van der Waals surface area contributed by atoms with Gasteiger partial charge in [0.05, 0.1) is 22.9 Å². The van der Waals surface area contributed by atoms with Crippen molar-refractivity contribution in [1.82, 2.24) is 13.0 Å². The molecule has 0 aliphatic heterocycles. The summed E-state index contributed by atoms with van der Waals surface area (Å²) in [7, 11) is 0. The van der Waals surface area contributed by atoms with Gasteiger partial charge in [-0.3, -0.25) is 0 Å². The van der Waals surface area contributed by atoms with Gasteiger partial charge in [0, 0.05) is 0 Å². The second kappa shape index (κ2) is 2.36. The normalized spacial score (nSPS) is 12.0. The molecule has 0 aliphatic rings. The lowest BCUT2D eigenvalue weighted by atomic mass is 10.6. The predicted octanol–water partition coefficient (Wildman–Crippen LogP) is 1.49. The average molecular weight is 263 g/mol. The van der Waals surface area contributed by atoms with Gasteiger partial charge in [0.1, 0.15) is 6.33 Å². The van der Waals surface area contributed by atoms with Crippen molar-refractivity contribution < 1.29 is 13.2 Å². The number of nitrogens with zero attached hydrogens (tertiary/aromatic N) is 3. The molecule has 1 heterocycles. The summed E-state index contributed by atoms with van der Waals surface area (Å²) in [5.41, 5.74) is 0. The highest BCUT2D eigenvalue weighted by atomic mass is 127. The zero-order chi connectivity index (χ0) is 7.78. The molecule has 0 saturated heterocycles. The lowest BCUT2D eigenvalue weighted by Crippen LogP contribution is -2.07. The molecule has 0 atom stereocenters. The van der Waals surface area contributed by atoms with Gasteiger partial charge in [-0.25, -0.2) is 4.98 Å². The lowest BCUT2D eigenvalue weighted by molar-refractivity contribution is -0.144. The predicted molar refractivity (Wildman–Crippen MR) is 34.4 cm³/mol. The molecule has 0 aromatic carbocycles. The molecular formula is C3HF3IN3. The Kier molecular flexibility index (Phi) is 1.84. The fourth-order valence-electron chi connectivity index (χ4n) is 0.374. The Hall–Kier alpha value is -0.340. The molecule has 0 spiro atoms. The highest BCUT2D eigenvalue weighted by Crippen LogP contribution is 2.25. The molecule has 1 aromatic rings. The Morgan fingerprint density at radius 2 is 2.10 bits per heavy atom. The number of aromatic nitrogens is 3. The van der Waals surface area contributed by atoms with E-state index in [2.05, 4.69) is 10.1 Å². The Bertz CT molecular complexity index is 229. The molecule has 7 heteroatoms. The van der Waals surface area contributed by atoms with E-state index in [0.717, 1.165) is 9.22 Å². The van der Waals surface area contributed by atoms with Gasteiger partial charge in [-0.2, -0.15) is 16.1 Å². The van der Waals surface area contributed by atoms with Gasteiger partial charge in [-0.1, -0.05) is 0 Å². The van der Waals surface area contributed by atoms with Crippen molar-refractivity contribution in [2.24, 2.45) is 0 Å². The van der Waals surface area contributed by atoms with E-state index in [4.69, 9.17) is 0 Å². The van der Waals surface area contributed by atoms with Crippen LogP contribution in [-0.2, 0) is 6.18 Å². The van der Waals surface area contributed by atoms with E-state index in [1.54, 1.807) is 22.9 Å². The van der Waals surface area contributed by atoms with Crippen molar-refractivity contribution in [3.63, 3.8) is 0 Å². The van der Waals surface area contributed by atoms with Crippen molar-refractivity contribution in [2.45, 2.75) is 6.18 Å². The van der Waals surface area contributed by atoms with Crippen LogP contribution in [0, 0.1) is 0 Å². The van der Waals surface area contributed by atoms with E-state index in [1.807, 2.05) is 0 Å². The first kappa shape index (κ1) is 7.76. The van der Waals surface area contributed by atoms with Gasteiger partial charge in [0.15, 0.2) is 0 Å². The monoisotopic (exact) mass is 263 g/mol. The van der Waals surface area contributed by atoms with Crippen molar-refractivity contribution in [2.75, 3.05) is 0 Å². The maximum absolute atomic E-state index is 11.7. The highest BCUT2D eigenvalue weighted by Gasteiger charge is 2.35. The molecule has 0 N–H and O–H groups in total. The molecule has 0 aliphatic carbocycles. The highest BCUT2D eigenvalue weighted by molar-refractivity contribution is 14.1. The van der Waals surface area contributed by atoms with Crippen LogP contribution < -0.4 is 0 Å². The lowest BCUT2D eigenvalue weighted by Gasteiger charge is -1.96. The second-order valence-electron chi connectivity index (χ2n) is 1.45. The molecule has 56 valence electrons. The summed E-state index contributed by atoms with van der Waals surface area (Å²) < 4.78 is 36.0. The SMILES string of the molecule is FC(F)(F)c1ncn(I)n1. The Morgan fingerprint density at radius 1 is 1.50 bits per heavy atom. The van der Waals surface area contributed by atoms with Crippen LogP contribution in [0.3, 0.4) is 0 Å². The van der Waals surface area contributed by atoms with E-state index in [0.29, 0.717) is 0 Å². The smallest absolute Gasteiger partial charge is 0.211 e. The first-order valence-electron chi connectivity index (χ1n) is 2.15.